The van der Waals surface area contributed by atoms with Gasteiger partial charge in [0.05, 0.1) is 14.2 Å². The van der Waals surface area contributed by atoms with Crippen LogP contribution in [-0.2, 0) is 6.42 Å². The van der Waals surface area contributed by atoms with Crippen LogP contribution in [0.15, 0.2) is 36.4 Å². The summed E-state index contributed by atoms with van der Waals surface area (Å²) in [5, 5.41) is 0. The van der Waals surface area contributed by atoms with Crippen LogP contribution in [0.2, 0.25) is 0 Å². The van der Waals surface area contributed by atoms with Crippen molar-refractivity contribution in [3.63, 3.8) is 0 Å². The van der Waals surface area contributed by atoms with E-state index in [0.717, 1.165) is 37.4 Å². The third-order valence-corrected chi connectivity index (χ3v) is 6.56. The maximum Gasteiger partial charge on any atom is 0.161 e. The van der Waals surface area contributed by atoms with Gasteiger partial charge in [-0.15, -0.1) is 0 Å². The summed E-state index contributed by atoms with van der Waals surface area (Å²) in [6.45, 7) is 6.58. The molecule has 0 unspecified atom stereocenters. The quantitative estimate of drug-likeness (QED) is 0.862. The Morgan fingerprint density at radius 1 is 1.07 bits per heavy atom. The Morgan fingerprint density at radius 3 is 2.54 bits per heavy atom. The molecule has 0 spiro atoms. The molecule has 2 aliphatic heterocycles. The van der Waals surface area contributed by atoms with Gasteiger partial charge in [-0.2, -0.15) is 0 Å². The van der Waals surface area contributed by atoms with E-state index in [0.29, 0.717) is 17.9 Å². The number of nitrogens with zero attached hydrogens (tertiary/aromatic N) is 1. The van der Waals surface area contributed by atoms with E-state index >= 15 is 0 Å². The van der Waals surface area contributed by atoms with Crippen LogP contribution < -0.4 is 15.2 Å². The highest BCUT2D eigenvalue weighted by molar-refractivity contribution is 5.50. The van der Waals surface area contributed by atoms with E-state index < -0.39 is 0 Å². The van der Waals surface area contributed by atoms with Crippen molar-refractivity contribution >= 4 is 0 Å². The Kier molecular flexibility index (Phi) is 5.35. The van der Waals surface area contributed by atoms with E-state index in [1.807, 2.05) is 0 Å². The van der Waals surface area contributed by atoms with Crippen LogP contribution in [0.1, 0.15) is 60.4 Å². The zero-order chi connectivity index (χ0) is 19.8. The molecule has 28 heavy (non-hydrogen) atoms. The molecule has 2 aromatic rings. The van der Waals surface area contributed by atoms with Gasteiger partial charge in [0.1, 0.15) is 0 Å². The molecule has 0 amide bonds. The second kappa shape index (κ2) is 7.76. The van der Waals surface area contributed by atoms with Crippen LogP contribution in [0.25, 0.3) is 0 Å². The molecule has 4 nitrogen and oxygen atoms in total. The average molecular weight is 381 g/mol. The highest BCUT2D eigenvalue weighted by Gasteiger charge is 2.38. The van der Waals surface area contributed by atoms with Crippen LogP contribution in [0, 0.1) is 0 Å². The maximum absolute atomic E-state index is 6.75. The van der Waals surface area contributed by atoms with Crippen molar-refractivity contribution in [2.45, 2.75) is 50.6 Å². The Labute approximate surface area is 168 Å². The molecule has 0 aromatic heterocycles. The van der Waals surface area contributed by atoms with Crippen LogP contribution in [0.5, 0.6) is 11.5 Å². The van der Waals surface area contributed by atoms with Gasteiger partial charge in [-0.3, -0.25) is 4.90 Å². The van der Waals surface area contributed by atoms with Gasteiger partial charge in [-0.1, -0.05) is 38.1 Å². The molecule has 3 atom stereocenters. The number of fused-ring (bicyclic) bond motifs is 3. The topological polar surface area (TPSA) is 47.7 Å². The number of methoxy groups -OCH3 is 2. The molecule has 0 aliphatic carbocycles. The zero-order valence-corrected chi connectivity index (χ0v) is 17.4. The van der Waals surface area contributed by atoms with Crippen molar-refractivity contribution in [2.75, 3.05) is 27.3 Å². The summed E-state index contributed by atoms with van der Waals surface area (Å²) in [6, 6.07) is 13.9. The molecule has 4 rings (SSSR count). The van der Waals surface area contributed by atoms with E-state index in [1.165, 1.54) is 22.3 Å². The first-order chi connectivity index (χ1) is 13.5. The van der Waals surface area contributed by atoms with E-state index in [1.54, 1.807) is 14.2 Å². The third kappa shape index (κ3) is 3.40. The second-order valence-electron chi connectivity index (χ2n) is 8.50. The highest BCUT2D eigenvalue weighted by Crippen LogP contribution is 2.44. The van der Waals surface area contributed by atoms with E-state index in [4.69, 9.17) is 15.2 Å². The minimum absolute atomic E-state index is 0.155. The van der Waals surface area contributed by atoms with Gasteiger partial charge in [-0.25, -0.2) is 0 Å². The number of benzene rings is 2. The van der Waals surface area contributed by atoms with Gasteiger partial charge >= 0.3 is 0 Å². The van der Waals surface area contributed by atoms with Gasteiger partial charge in [0, 0.05) is 31.1 Å². The molecule has 0 radical (unpaired) electrons. The van der Waals surface area contributed by atoms with Gasteiger partial charge in [0.2, 0.25) is 0 Å². The minimum Gasteiger partial charge on any atom is -0.493 e. The number of hydrogen-bond donors (Lipinski definition) is 1. The third-order valence-electron chi connectivity index (χ3n) is 6.56. The predicted octanol–water partition coefficient (Wildman–Crippen LogP) is 4.24. The van der Waals surface area contributed by atoms with Crippen molar-refractivity contribution < 1.29 is 9.47 Å². The van der Waals surface area contributed by atoms with Gasteiger partial charge < -0.3 is 15.2 Å². The molecule has 1 saturated heterocycles. The molecule has 2 aromatic carbocycles. The molecule has 2 heterocycles. The van der Waals surface area contributed by atoms with Gasteiger partial charge in [-0.05, 0) is 53.1 Å². The minimum atomic E-state index is 0.155. The van der Waals surface area contributed by atoms with Gasteiger partial charge in [0.15, 0.2) is 11.5 Å². The molecule has 0 bridgehead atoms. The lowest BCUT2D eigenvalue weighted by molar-refractivity contribution is 0.109. The number of piperidine rings is 1. The van der Waals surface area contributed by atoms with E-state index in [2.05, 4.69) is 55.1 Å². The molecule has 1 fully saturated rings. The summed E-state index contributed by atoms with van der Waals surface area (Å²) in [7, 11) is 3.40. The van der Waals surface area contributed by atoms with E-state index in [9.17, 15) is 0 Å². The summed E-state index contributed by atoms with van der Waals surface area (Å²) in [4.78, 5) is 2.62. The first-order valence-electron chi connectivity index (χ1n) is 10.4. The van der Waals surface area contributed by atoms with Crippen molar-refractivity contribution in [3.8, 4) is 11.5 Å². The fraction of sp³-hybridized carbons (Fsp3) is 0.500. The Balaban J connectivity index is 1.62. The Morgan fingerprint density at radius 2 is 1.82 bits per heavy atom. The summed E-state index contributed by atoms with van der Waals surface area (Å²) in [5.41, 5.74) is 12.2. The number of hydrogen-bond acceptors (Lipinski definition) is 4. The zero-order valence-electron chi connectivity index (χ0n) is 17.4. The summed E-state index contributed by atoms with van der Waals surface area (Å²) < 4.78 is 11.1. The first-order valence-corrected chi connectivity index (χ1v) is 10.4. The molecule has 4 heteroatoms. The molecule has 2 N–H and O–H groups in total. The SMILES string of the molecule is COc1cc2c(cc1OC)[C@@H]1C[C@H](N)[C@@H](c3cccc(C(C)C)c3)CN1CC2. The van der Waals surface area contributed by atoms with Crippen LogP contribution in [-0.4, -0.2) is 38.3 Å². The lowest BCUT2D eigenvalue weighted by Crippen LogP contribution is -2.49. The van der Waals surface area contributed by atoms with Crippen molar-refractivity contribution in [2.24, 2.45) is 5.73 Å². The fourth-order valence-corrected chi connectivity index (χ4v) is 4.89. The smallest absolute Gasteiger partial charge is 0.161 e. The molecular weight excluding hydrogens is 348 g/mol. The van der Waals surface area contributed by atoms with Crippen LogP contribution in [0.3, 0.4) is 0 Å². The number of nitrogens with two attached hydrogens (primary N) is 1. The normalized spacial score (nSPS) is 24.6. The van der Waals surface area contributed by atoms with Crippen molar-refractivity contribution in [1.82, 2.24) is 4.90 Å². The Bertz CT molecular complexity index is 848. The molecular formula is C24H32N2O2. The highest BCUT2D eigenvalue weighted by atomic mass is 16.5. The van der Waals surface area contributed by atoms with Crippen molar-refractivity contribution in [3.05, 3.63) is 58.7 Å². The largest absolute Gasteiger partial charge is 0.493 e. The number of ether oxygens (including phenoxy) is 2. The average Bonchev–Trinajstić information content (AvgIpc) is 2.72. The molecule has 150 valence electrons. The second-order valence-corrected chi connectivity index (χ2v) is 8.50. The maximum atomic E-state index is 6.75. The lowest BCUT2D eigenvalue weighted by atomic mass is 9.78. The summed E-state index contributed by atoms with van der Waals surface area (Å²) in [6.07, 6.45) is 2.01. The lowest BCUT2D eigenvalue weighted by Gasteiger charge is -2.46. The number of rotatable bonds is 4. The Hall–Kier alpha value is -2.04. The molecule has 0 saturated carbocycles. The summed E-state index contributed by atoms with van der Waals surface area (Å²) >= 11 is 0. The van der Waals surface area contributed by atoms with Crippen LogP contribution in [0.4, 0.5) is 0 Å². The van der Waals surface area contributed by atoms with Gasteiger partial charge in [0.25, 0.3) is 0 Å². The fourth-order valence-electron chi connectivity index (χ4n) is 4.89. The monoisotopic (exact) mass is 380 g/mol. The van der Waals surface area contributed by atoms with E-state index in [-0.39, 0.29) is 6.04 Å². The molecule has 2 aliphatic rings. The van der Waals surface area contributed by atoms with Crippen LogP contribution >= 0.6 is 0 Å². The predicted molar refractivity (Wildman–Crippen MR) is 113 cm³/mol. The van der Waals surface area contributed by atoms with Crippen molar-refractivity contribution in [1.29, 1.82) is 0 Å². The standard InChI is InChI=1S/C24H32N2O2/c1-15(2)16-6-5-7-17(10-16)20-14-26-9-8-18-11-23(27-3)24(28-4)12-19(18)22(26)13-21(20)25/h5-7,10-12,15,20-22H,8-9,13-14,25H2,1-4H3/t20-,21+,22+/m1/s1. The first kappa shape index (κ1) is 19.3. The summed E-state index contributed by atoms with van der Waals surface area (Å²) in [5.74, 6) is 2.55.